The van der Waals surface area contributed by atoms with Crippen molar-refractivity contribution in [3.05, 3.63) is 25.3 Å². The molecular formula is C8H14O6S. The van der Waals surface area contributed by atoms with Gasteiger partial charge < -0.3 is 4.74 Å². The van der Waals surface area contributed by atoms with Crippen molar-refractivity contribution in [3.8, 4) is 0 Å². The smallest absolute Gasteiger partial charge is 0.373 e. The first-order valence-electron chi connectivity index (χ1n) is 4.12. The van der Waals surface area contributed by atoms with Crippen LogP contribution in [0.5, 0.6) is 0 Å². The molecule has 1 aliphatic rings. The normalized spacial score (nSPS) is 18.4. The third-order valence-corrected chi connectivity index (χ3v) is 1.72. The van der Waals surface area contributed by atoms with Gasteiger partial charge in [-0.05, 0) is 0 Å². The molecule has 0 bridgehead atoms. The minimum absolute atomic E-state index is 0.0301. The van der Waals surface area contributed by atoms with Crippen molar-refractivity contribution < 1.29 is 26.6 Å². The molecule has 0 aromatic heterocycles. The average molecular weight is 238 g/mol. The predicted molar refractivity (Wildman–Crippen MR) is 53.1 cm³/mol. The zero-order valence-electron chi connectivity index (χ0n) is 8.26. The summed E-state index contributed by atoms with van der Waals surface area (Å²) in [6.45, 7) is 8.36. The van der Waals surface area contributed by atoms with Crippen molar-refractivity contribution in [2.45, 2.75) is 0 Å². The molecule has 0 aliphatic carbocycles. The highest BCUT2D eigenvalue weighted by Gasteiger charge is 2.17. The van der Waals surface area contributed by atoms with Crippen LogP contribution in [0.2, 0.25) is 0 Å². The van der Waals surface area contributed by atoms with Crippen LogP contribution < -0.4 is 0 Å². The molecule has 1 saturated heterocycles. The van der Waals surface area contributed by atoms with E-state index in [2.05, 4.69) is 26.6 Å². The maximum Gasteiger partial charge on any atom is 0.426 e. The van der Waals surface area contributed by atoms with Crippen LogP contribution >= 0.6 is 0 Å². The van der Waals surface area contributed by atoms with Crippen LogP contribution in [0.25, 0.3) is 0 Å². The van der Waals surface area contributed by atoms with E-state index in [0.29, 0.717) is 13.2 Å². The largest absolute Gasteiger partial charge is 0.426 e. The summed E-state index contributed by atoms with van der Waals surface area (Å²) in [5, 5.41) is 0. The molecule has 0 radical (unpaired) electrons. The zero-order valence-corrected chi connectivity index (χ0v) is 9.07. The summed E-state index contributed by atoms with van der Waals surface area (Å²) in [6.07, 6.45) is 3.42. The van der Waals surface area contributed by atoms with E-state index in [-0.39, 0.29) is 13.2 Å². The second-order valence-electron chi connectivity index (χ2n) is 2.24. The molecular weight excluding hydrogens is 224 g/mol. The summed E-state index contributed by atoms with van der Waals surface area (Å²) in [5.41, 5.74) is 0. The molecule has 0 saturated carbocycles. The molecule has 0 aromatic rings. The Bertz CT molecular complexity index is 251. The van der Waals surface area contributed by atoms with Gasteiger partial charge in [0.05, 0.1) is 19.8 Å². The topological polar surface area (TPSA) is 71.1 Å². The Hall–Kier alpha value is -0.730. The molecule has 0 N–H and O–H groups in total. The first kappa shape index (κ1) is 14.3. The van der Waals surface area contributed by atoms with Gasteiger partial charge in [-0.25, -0.2) is 9.07 Å². The SMILES string of the molecule is C=CCOCC=C.O=S1(=O)OCCOO1. The highest BCUT2D eigenvalue weighted by atomic mass is 32.3. The van der Waals surface area contributed by atoms with E-state index in [0.717, 1.165) is 0 Å². The molecule has 7 heteroatoms. The minimum atomic E-state index is -3.80. The lowest BCUT2D eigenvalue weighted by Gasteiger charge is -2.08. The van der Waals surface area contributed by atoms with E-state index in [9.17, 15) is 8.42 Å². The predicted octanol–water partition coefficient (Wildman–Crippen LogP) is 0.585. The van der Waals surface area contributed by atoms with Crippen molar-refractivity contribution in [3.63, 3.8) is 0 Å². The van der Waals surface area contributed by atoms with Gasteiger partial charge in [0.15, 0.2) is 0 Å². The quantitative estimate of drug-likeness (QED) is 0.405. The first-order chi connectivity index (χ1) is 7.12. The fourth-order valence-electron chi connectivity index (χ4n) is 0.517. The molecule has 0 amide bonds. The molecule has 15 heavy (non-hydrogen) atoms. The fraction of sp³-hybridized carbons (Fsp3) is 0.500. The second-order valence-corrected chi connectivity index (χ2v) is 3.42. The van der Waals surface area contributed by atoms with E-state index in [1.807, 2.05) is 0 Å². The van der Waals surface area contributed by atoms with E-state index < -0.39 is 10.4 Å². The van der Waals surface area contributed by atoms with E-state index in [1.165, 1.54) is 0 Å². The van der Waals surface area contributed by atoms with Gasteiger partial charge in [0.25, 0.3) is 0 Å². The van der Waals surface area contributed by atoms with Gasteiger partial charge in [0.1, 0.15) is 6.61 Å². The lowest BCUT2D eigenvalue weighted by molar-refractivity contribution is -0.233. The summed E-state index contributed by atoms with van der Waals surface area (Å²) >= 11 is 0. The number of hydrogen-bond acceptors (Lipinski definition) is 6. The van der Waals surface area contributed by atoms with Crippen LogP contribution in [0.1, 0.15) is 0 Å². The average Bonchev–Trinajstić information content (AvgIpc) is 2.19. The summed E-state index contributed by atoms with van der Waals surface area (Å²) < 4.78 is 32.9. The molecule has 88 valence electrons. The summed E-state index contributed by atoms with van der Waals surface area (Å²) in [4.78, 5) is 4.07. The fourth-order valence-corrected chi connectivity index (χ4v) is 1.01. The van der Waals surface area contributed by atoms with Crippen molar-refractivity contribution in [2.75, 3.05) is 26.4 Å². The first-order valence-corrected chi connectivity index (χ1v) is 5.45. The standard InChI is InChI=1S/C6H10O.C2H4O5S/c1-3-5-7-6-4-2;3-8(4)6-2-1-5-7-8/h3-4H,1-2,5-6H2;1-2H2. The van der Waals surface area contributed by atoms with Gasteiger partial charge in [-0.2, -0.15) is 8.42 Å². The van der Waals surface area contributed by atoms with Gasteiger partial charge in [-0.3, -0.25) is 0 Å². The molecule has 0 spiro atoms. The number of hydrogen-bond donors (Lipinski definition) is 0. The highest BCUT2D eigenvalue weighted by molar-refractivity contribution is 7.81. The van der Waals surface area contributed by atoms with E-state index in [1.54, 1.807) is 12.2 Å². The van der Waals surface area contributed by atoms with E-state index in [4.69, 9.17) is 4.74 Å². The Morgan fingerprint density at radius 3 is 2.07 bits per heavy atom. The Morgan fingerprint density at radius 2 is 1.80 bits per heavy atom. The summed E-state index contributed by atoms with van der Waals surface area (Å²) in [6, 6.07) is 0. The van der Waals surface area contributed by atoms with Gasteiger partial charge >= 0.3 is 10.4 Å². The lowest BCUT2D eigenvalue weighted by atomic mass is 10.6. The molecule has 1 rings (SSSR count). The van der Waals surface area contributed by atoms with Crippen LogP contribution in [0, 0.1) is 0 Å². The third kappa shape index (κ3) is 9.57. The Balaban J connectivity index is 0.000000265. The van der Waals surface area contributed by atoms with Crippen LogP contribution in [0.3, 0.4) is 0 Å². The molecule has 0 atom stereocenters. The van der Waals surface area contributed by atoms with Gasteiger partial charge in [-0.15, -0.1) is 13.2 Å². The molecule has 0 unspecified atom stereocenters. The molecule has 0 aromatic carbocycles. The second kappa shape index (κ2) is 8.57. The summed E-state index contributed by atoms with van der Waals surface area (Å²) in [5.74, 6) is 0. The zero-order chi connectivity index (χ0) is 11.6. The Labute approximate surface area is 89.3 Å². The molecule has 6 nitrogen and oxygen atoms in total. The Morgan fingerprint density at radius 1 is 1.20 bits per heavy atom. The van der Waals surface area contributed by atoms with Crippen molar-refractivity contribution >= 4 is 10.4 Å². The third-order valence-electron chi connectivity index (χ3n) is 0.997. The van der Waals surface area contributed by atoms with Gasteiger partial charge in [0, 0.05) is 0 Å². The van der Waals surface area contributed by atoms with Crippen molar-refractivity contribution in [1.82, 2.24) is 0 Å². The van der Waals surface area contributed by atoms with Gasteiger partial charge in [-0.1, -0.05) is 16.5 Å². The number of ether oxygens (including phenoxy) is 1. The van der Waals surface area contributed by atoms with Crippen LogP contribution in [0.4, 0.5) is 0 Å². The van der Waals surface area contributed by atoms with E-state index >= 15 is 0 Å². The Kier molecular flexibility index (Phi) is 8.15. The molecule has 1 fully saturated rings. The molecule has 1 aliphatic heterocycles. The van der Waals surface area contributed by atoms with Crippen molar-refractivity contribution in [2.24, 2.45) is 0 Å². The summed E-state index contributed by atoms with van der Waals surface area (Å²) in [7, 11) is -3.80. The van der Waals surface area contributed by atoms with Crippen LogP contribution in [-0.2, 0) is 28.5 Å². The van der Waals surface area contributed by atoms with Crippen LogP contribution in [-0.4, -0.2) is 34.8 Å². The number of rotatable bonds is 4. The lowest BCUT2D eigenvalue weighted by Crippen LogP contribution is -2.20. The van der Waals surface area contributed by atoms with Crippen molar-refractivity contribution in [1.29, 1.82) is 0 Å². The maximum absolute atomic E-state index is 10.1. The van der Waals surface area contributed by atoms with Gasteiger partial charge in [0.2, 0.25) is 0 Å². The van der Waals surface area contributed by atoms with Crippen LogP contribution in [0.15, 0.2) is 25.3 Å². The maximum atomic E-state index is 10.1. The minimum Gasteiger partial charge on any atom is -0.373 e. The highest BCUT2D eigenvalue weighted by Crippen LogP contribution is 2.01. The monoisotopic (exact) mass is 238 g/mol. The molecule has 1 heterocycles.